The van der Waals surface area contributed by atoms with Gasteiger partial charge in [0.15, 0.2) is 0 Å². The van der Waals surface area contributed by atoms with Crippen molar-refractivity contribution in [2.45, 2.75) is 36.5 Å². The average molecular weight is 1270 g/mol. The topological polar surface area (TPSA) is 19.7 Å². The normalized spacial score (nSPS) is 14.2. The molecule has 0 atom stereocenters. The summed E-state index contributed by atoms with van der Waals surface area (Å²) >= 11 is 0. The zero-order chi connectivity index (χ0) is 65.4. The Hall–Kier alpha value is -12.5. The van der Waals surface area contributed by atoms with Crippen molar-refractivity contribution in [1.82, 2.24) is 18.3 Å². The molecule has 4 aliphatic carbocycles. The lowest BCUT2D eigenvalue weighted by Gasteiger charge is -2.30. The first-order chi connectivity index (χ1) is 49.6. The van der Waals surface area contributed by atoms with Crippen LogP contribution < -0.4 is 0 Å². The second-order valence-electron chi connectivity index (χ2n) is 28.1. The Morgan fingerprint density at radius 1 is 0.190 bits per heavy atom. The van der Waals surface area contributed by atoms with Gasteiger partial charge in [0.05, 0.1) is 49.5 Å². The molecule has 15 aromatic carbocycles. The number of rotatable bonds is 5. The van der Waals surface area contributed by atoms with Gasteiger partial charge in [0.25, 0.3) is 0 Å². The summed E-state index contributed by atoms with van der Waals surface area (Å²) in [7, 11) is 0. The SMILES string of the molecule is c1ccc(-c2ccc(-n3c4ccccc4c4cc5c6ccccc6n(-c6ccc7c(c6)C6(CCCC6)c6ccccc6-7)c5cc43)cc2)cc1.c1ccc(-n2c3ccccc3c3cc4c5ccccc5n(-c5ccc6c(c5)C5(c7ccccc7-c7ccccc75)c5ccccc5-6)c4cc32)cc1. The van der Waals surface area contributed by atoms with E-state index in [4.69, 9.17) is 0 Å². The second-order valence-corrected chi connectivity index (χ2v) is 28.1. The molecule has 4 nitrogen and oxygen atoms in total. The molecule has 0 aliphatic heterocycles. The molecule has 4 heteroatoms. The van der Waals surface area contributed by atoms with Gasteiger partial charge in [0.1, 0.15) is 0 Å². The lowest BCUT2D eigenvalue weighted by atomic mass is 9.70. The van der Waals surface area contributed by atoms with Crippen molar-refractivity contribution in [2.75, 3.05) is 0 Å². The van der Waals surface area contributed by atoms with Crippen molar-refractivity contribution in [3.8, 4) is 67.3 Å². The molecule has 0 saturated heterocycles. The molecule has 0 amide bonds. The Morgan fingerprint density at radius 2 is 0.500 bits per heavy atom. The summed E-state index contributed by atoms with van der Waals surface area (Å²) in [6, 6.07) is 127. The van der Waals surface area contributed by atoms with Crippen molar-refractivity contribution in [1.29, 1.82) is 0 Å². The molecule has 1 fully saturated rings. The third-order valence-corrected chi connectivity index (χ3v) is 23.4. The highest BCUT2D eigenvalue weighted by Crippen LogP contribution is 2.63. The molecule has 4 aliphatic rings. The molecule has 23 rings (SSSR count). The highest BCUT2D eigenvalue weighted by atomic mass is 15.0. The van der Waals surface area contributed by atoms with Gasteiger partial charge in [-0.15, -0.1) is 0 Å². The quantitative estimate of drug-likeness (QED) is 0.164. The zero-order valence-electron chi connectivity index (χ0n) is 54.9. The van der Waals surface area contributed by atoms with Crippen LogP contribution >= 0.6 is 0 Å². The van der Waals surface area contributed by atoms with Crippen LogP contribution in [0.5, 0.6) is 0 Å². The molecular weight excluding hydrogens is 1210 g/mol. The molecule has 100 heavy (non-hydrogen) atoms. The van der Waals surface area contributed by atoms with Crippen LogP contribution in [0.25, 0.3) is 154 Å². The van der Waals surface area contributed by atoms with Crippen molar-refractivity contribution >= 4 is 87.2 Å². The van der Waals surface area contributed by atoms with Crippen molar-refractivity contribution < 1.29 is 0 Å². The third kappa shape index (κ3) is 7.54. The maximum Gasteiger partial charge on any atom is 0.0726 e. The van der Waals surface area contributed by atoms with E-state index in [1.165, 1.54) is 214 Å². The highest BCUT2D eigenvalue weighted by molar-refractivity contribution is 6.21. The van der Waals surface area contributed by atoms with Crippen LogP contribution in [-0.2, 0) is 10.8 Å². The number of hydrogen-bond donors (Lipinski definition) is 0. The monoisotopic (exact) mass is 1270 g/mol. The maximum absolute atomic E-state index is 2.54. The van der Waals surface area contributed by atoms with Crippen LogP contribution in [0, 0.1) is 0 Å². The first kappa shape index (κ1) is 55.6. The summed E-state index contributed by atoms with van der Waals surface area (Å²) in [6.45, 7) is 0. The zero-order valence-corrected chi connectivity index (χ0v) is 54.9. The van der Waals surface area contributed by atoms with E-state index in [2.05, 4.69) is 358 Å². The number of para-hydroxylation sites is 5. The van der Waals surface area contributed by atoms with Crippen molar-refractivity contribution in [2.24, 2.45) is 0 Å². The van der Waals surface area contributed by atoms with Crippen molar-refractivity contribution in [3.05, 3.63) is 373 Å². The molecule has 0 bridgehead atoms. The predicted octanol–water partition coefficient (Wildman–Crippen LogP) is 24.6. The molecule has 4 aromatic heterocycles. The molecule has 0 unspecified atom stereocenters. The molecule has 4 heterocycles. The summed E-state index contributed by atoms with van der Waals surface area (Å²) < 4.78 is 9.90. The fourth-order valence-electron chi connectivity index (χ4n) is 19.3. The highest BCUT2D eigenvalue weighted by Gasteiger charge is 2.52. The van der Waals surface area contributed by atoms with Gasteiger partial charge < -0.3 is 18.3 Å². The first-order valence-electron chi connectivity index (χ1n) is 35.4. The summed E-state index contributed by atoms with van der Waals surface area (Å²) in [5, 5.41) is 10.2. The van der Waals surface area contributed by atoms with Crippen LogP contribution in [0.3, 0.4) is 0 Å². The summed E-state index contributed by atoms with van der Waals surface area (Å²) in [5.74, 6) is 0. The van der Waals surface area contributed by atoms with Crippen LogP contribution in [0.1, 0.15) is 59.1 Å². The lowest BCUT2D eigenvalue weighted by molar-refractivity contribution is 0.549. The number of hydrogen-bond acceptors (Lipinski definition) is 0. The molecule has 1 saturated carbocycles. The average Bonchev–Trinajstić information content (AvgIpc) is 1.51. The predicted molar refractivity (Wildman–Crippen MR) is 417 cm³/mol. The third-order valence-electron chi connectivity index (χ3n) is 23.4. The lowest BCUT2D eigenvalue weighted by Crippen LogP contribution is -2.26. The van der Waals surface area contributed by atoms with Crippen LogP contribution in [-0.4, -0.2) is 18.3 Å². The number of nitrogens with zero attached hydrogens (tertiary/aromatic N) is 4. The fourth-order valence-corrected chi connectivity index (χ4v) is 19.3. The minimum atomic E-state index is -0.388. The fraction of sp³-hybridized carbons (Fsp3) is 0.0625. The maximum atomic E-state index is 2.54. The first-order valence-corrected chi connectivity index (χ1v) is 35.4. The van der Waals surface area contributed by atoms with Gasteiger partial charge in [-0.1, -0.05) is 255 Å². The summed E-state index contributed by atoms with van der Waals surface area (Å²) in [6.07, 6.45) is 5.05. The van der Waals surface area contributed by atoms with E-state index in [0.717, 1.165) is 0 Å². The van der Waals surface area contributed by atoms with E-state index in [-0.39, 0.29) is 10.8 Å². The molecule has 19 aromatic rings. The van der Waals surface area contributed by atoms with E-state index >= 15 is 0 Å². The molecule has 0 N–H and O–H groups in total. The molecule has 0 radical (unpaired) electrons. The van der Waals surface area contributed by atoms with E-state index in [1.807, 2.05) is 0 Å². The van der Waals surface area contributed by atoms with E-state index in [1.54, 1.807) is 0 Å². The summed E-state index contributed by atoms with van der Waals surface area (Å²) in [4.78, 5) is 0. The Balaban J connectivity index is 0.000000127. The number of aromatic nitrogens is 4. The Kier molecular flexibility index (Phi) is 11.7. The van der Waals surface area contributed by atoms with E-state index in [0.29, 0.717) is 0 Å². The molecular formula is C96H64N4. The number of fused-ring (bicyclic) bond motifs is 27. The standard InChI is InChI=1S/C49H30N2.C47H34N2/c1-2-14-31(15-3-1)50-45-24-12-7-19-37(45)39-29-40-38-20-8-13-25-46(38)51(48(40)30-47(39)50)32-26-27-36-35-18-6-11-23-43(35)49(44(36)28-32)41-21-9-4-16-33(41)34-17-5-10-22-42(34)49;1-2-12-31(13-3-1)32-20-22-33(23-21-32)48-43-18-8-5-15-37(43)39-29-40-38-16-6-9-19-44(38)49(46(40)30-45(39)48)34-24-25-36-35-14-4-7-17-41(35)47(42(36)28-34)26-10-11-27-47/h1-30H;1-9,12-25,28-30H,10-11,26-27H2. The smallest absolute Gasteiger partial charge is 0.0726 e. The Labute approximate surface area is 578 Å². The molecule has 2 spiro atoms. The van der Waals surface area contributed by atoms with Gasteiger partial charge in [-0.25, -0.2) is 0 Å². The second kappa shape index (κ2) is 21.0. The van der Waals surface area contributed by atoms with Gasteiger partial charge in [0, 0.05) is 71.3 Å². The van der Waals surface area contributed by atoms with Gasteiger partial charge in [-0.05, 0) is 188 Å². The minimum Gasteiger partial charge on any atom is -0.309 e. The Bertz CT molecular complexity index is 6580. The van der Waals surface area contributed by atoms with Gasteiger partial charge in [0.2, 0.25) is 0 Å². The minimum absolute atomic E-state index is 0.131. The van der Waals surface area contributed by atoms with E-state index in [9.17, 15) is 0 Å². The largest absolute Gasteiger partial charge is 0.309 e. The number of benzene rings is 15. The van der Waals surface area contributed by atoms with E-state index < -0.39 is 0 Å². The van der Waals surface area contributed by atoms with Gasteiger partial charge in [-0.2, -0.15) is 0 Å². The summed E-state index contributed by atoms with van der Waals surface area (Å²) in [5.41, 5.74) is 33.4. The van der Waals surface area contributed by atoms with Gasteiger partial charge >= 0.3 is 0 Å². The van der Waals surface area contributed by atoms with Crippen LogP contribution in [0.15, 0.2) is 340 Å². The van der Waals surface area contributed by atoms with Crippen LogP contribution in [0.4, 0.5) is 0 Å². The van der Waals surface area contributed by atoms with Gasteiger partial charge in [-0.3, -0.25) is 0 Å². The Morgan fingerprint density at radius 3 is 0.950 bits per heavy atom. The molecule has 468 valence electrons. The van der Waals surface area contributed by atoms with Crippen LogP contribution in [0.2, 0.25) is 0 Å². The van der Waals surface area contributed by atoms with Crippen molar-refractivity contribution in [3.63, 3.8) is 0 Å².